The molecule has 10 aromatic rings. The lowest BCUT2D eigenvalue weighted by Gasteiger charge is -2.35. The first-order valence-electron chi connectivity index (χ1n) is 49.1. The summed E-state index contributed by atoms with van der Waals surface area (Å²) in [5.41, 5.74) is -1.55. The summed E-state index contributed by atoms with van der Waals surface area (Å²) in [5.74, 6) is -2.02. The molecule has 0 spiro atoms. The predicted molar refractivity (Wildman–Crippen MR) is 528 cm³/mol. The van der Waals surface area contributed by atoms with Gasteiger partial charge < -0.3 is 44.1 Å². The number of piperidine rings is 3. The average Bonchev–Trinajstić information content (AvgIpc) is 1.68. The average molecular weight is 2160 g/mol. The van der Waals surface area contributed by atoms with Gasteiger partial charge in [0.25, 0.3) is 29.5 Å². The van der Waals surface area contributed by atoms with E-state index in [0.29, 0.717) is 109 Å². The number of hydrogen-bond donors (Lipinski definition) is 5. The number of aryl methyl sites for hydroxylation is 2. The lowest BCUT2D eigenvalue weighted by molar-refractivity contribution is -0.142. The van der Waals surface area contributed by atoms with Crippen molar-refractivity contribution in [3.8, 4) is 0 Å². The van der Waals surface area contributed by atoms with Crippen LogP contribution in [0.25, 0.3) is 0 Å². The molecule has 10 heterocycles. The lowest BCUT2D eigenvalue weighted by Crippen LogP contribution is -2.44. The number of nitrogens with one attached hydrogen (secondary N) is 5. The third kappa shape index (κ3) is 36.3. The Bertz CT molecular complexity index is 5700. The highest BCUT2D eigenvalue weighted by Crippen LogP contribution is 2.36. The molecule has 5 aromatic heterocycles. The molecule has 2 unspecified atom stereocenters. The number of amides is 5. The second kappa shape index (κ2) is 54.7. The van der Waals surface area contributed by atoms with Gasteiger partial charge in [-0.3, -0.25) is 54.4 Å². The summed E-state index contributed by atoms with van der Waals surface area (Å²) in [5, 5.41) is 29.5. The van der Waals surface area contributed by atoms with Crippen molar-refractivity contribution in [1.82, 2.24) is 100.0 Å². The van der Waals surface area contributed by atoms with Gasteiger partial charge in [0.15, 0.2) is 28.5 Å². The van der Waals surface area contributed by atoms with Gasteiger partial charge in [0.05, 0.1) is 0 Å². The van der Waals surface area contributed by atoms with Crippen molar-refractivity contribution in [3.05, 3.63) is 261 Å². The maximum atomic E-state index is 14.4. The third-order valence-corrected chi connectivity index (χ3v) is 27.9. The molecule has 25 nitrogen and oxygen atoms in total. The molecule has 15 rings (SSSR count). The fourth-order valence-corrected chi connectivity index (χ4v) is 18.6. The second-order valence-corrected chi connectivity index (χ2v) is 39.5. The summed E-state index contributed by atoms with van der Waals surface area (Å²) in [6.45, 7) is 24.6. The van der Waals surface area contributed by atoms with E-state index in [2.05, 4.69) is 70.8 Å². The van der Waals surface area contributed by atoms with Crippen LogP contribution in [0, 0.1) is 31.5 Å². The minimum Gasteiger partial charge on any atom is -0.332 e. The fourth-order valence-electron chi connectivity index (χ4n) is 17.7. The van der Waals surface area contributed by atoms with Gasteiger partial charge in [-0.15, -0.1) is 0 Å². The summed E-state index contributed by atoms with van der Waals surface area (Å²) < 4.78 is 208. The quantitative estimate of drug-likeness (QED) is 0.0262. The van der Waals surface area contributed by atoms with Gasteiger partial charge >= 0.3 is 30.9 Å². The van der Waals surface area contributed by atoms with Gasteiger partial charge in [-0.2, -0.15) is 91.3 Å². The van der Waals surface area contributed by atoms with Gasteiger partial charge in [0, 0.05) is 167 Å². The molecule has 802 valence electrons. The van der Waals surface area contributed by atoms with Crippen molar-refractivity contribution in [2.45, 2.75) is 201 Å². The standard InChI is InChI=1S/C21H26ClF3N4O.C21H26F4N4O.3C20H24ClF3N4O/c2*1-15-6-7-16(17(22)12-15)14-29(11-10-28-8-4-2-3-5-9-28)20(30)18-13-19(27-26-18)21(23,24)25;1-14-6-4-5-9-27(14)10-11-28(13-15-7-2-3-8-16(15)21)19(29)17-12-18(26-25-17)20(22,23)24;1-14-5-4-8-27(12-14)9-10-28(13-15-6-2-3-7-16(15)21)19(29)17-11-18(26-25-17)20(22,23)24;1-14-6-8-27(9-7-14)10-11-28(13-15-4-2-3-5-16(15)21)19(29)17-12-18(26-25-17)20(22,23)24/h2*6-7,12-13H,2-5,8-11,14H2,1H3,(H,26,27);2-3,7-8,12,14H,4-6,9-11,13H2,1H3,(H,25,26);2-3,6-7,11,14H,4-5,8-10,12-13H2,1H3,(H,25,26);2-5,12,14H,6-11,13H2,1H3,(H,25,26). The minimum atomic E-state index is -4.62. The van der Waals surface area contributed by atoms with Crippen molar-refractivity contribution in [1.29, 1.82) is 0 Å². The zero-order chi connectivity index (χ0) is 107. The molecule has 5 amide bonds. The van der Waals surface area contributed by atoms with Crippen LogP contribution in [0.2, 0.25) is 20.1 Å². The lowest BCUT2D eigenvalue weighted by atomic mass is 9.99. The zero-order valence-electron chi connectivity index (χ0n) is 82.4. The first kappa shape index (κ1) is 117. The molecule has 5 aliphatic heterocycles. The van der Waals surface area contributed by atoms with Crippen LogP contribution in [0.5, 0.6) is 0 Å². The predicted octanol–water partition coefficient (Wildman–Crippen LogP) is 22.8. The highest BCUT2D eigenvalue weighted by Gasteiger charge is 2.41. The SMILES string of the molecule is CC1CCCCN1CCN(Cc1ccccc1Cl)C(=O)c1cc(C(F)(F)F)[nH]n1.CC1CCCN(CCN(Cc2ccccc2Cl)C(=O)c2cc(C(F)(F)F)[nH]n2)C1.CC1CCN(CCN(Cc2ccccc2Cl)C(=O)c2cc(C(F)(F)F)[nH]n2)CC1.Cc1ccc(CN(CCN2CCCCCC2)C(=O)c2cc(C(F)(F)F)[nH]n2)c(Cl)c1.Cc1ccc(CN(CCN2CCCCCC2)C(=O)c2cc(C(F)(F)F)[nH]n2)c(F)c1. The Hall–Kier alpha value is -10.7. The molecule has 0 bridgehead atoms. The summed E-state index contributed by atoms with van der Waals surface area (Å²) in [4.78, 5) is 83.7. The van der Waals surface area contributed by atoms with Gasteiger partial charge in [-0.05, 0) is 213 Å². The number of aromatic nitrogens is 10. The van der Waals surface area contributed by atoms with Crippen LogP contribution < -0.4 is 0 Å². The van der Waals surface area contributed by atoms with Gasteiger partial charge in [0.1, 0.15) is 34.3 Å². The van der Waals surface area contributed by atoms with E-state index in [4.69, 9.17) is 46.4 Å². The van der Waals surface area contributed by atoms with E-state index in [1.54, 1.807) is 73.7 Å². The van der Waals surface area contributed by atoms with E-state index >= 15 is 0 Å². The largest absolute Gasteiger partial charge is 0.432 e. The molecule has 147 heavy (non-hydrogen) atoms. The van der Waals surface area contributed by atoms with Crippen molar-refractivity contribution in [2.24, 2.45) is 11.8 Å². The van der Waals surface area contributed by atoms with E-state index in [9.17, 15) is 94.2 Å². The molecule has 0 radical (unpaired) electrons. The molecule has 5 fully saturated rings. The van der Waals surface area contributed by atoms with E-state index in [1.165, 1.54) is 69.1 Å². The maximum absolute atomic E-state index is 14.4. The monoisotopic (exact) mass is 2150 g/mol. The Morgan fingerprint density at radius 1 is 0.313 bits per heavy atom. The van der Waals surface area contributed by atoms with Crippen LogP contribution in [0.1, 0.15) is 237 Å². The second-order valence-electron chi connectivity index (χ2n) is 37.9. The van der Waals surface area contributed by atoms with Gasteiger partial charge in [-0.25, -0.2) is 4.39 Å². The fraction of sp³-hybridized carbons (Fsp3) is 0.510. The zero-order valence-corrected chi connectivity index (χ0v) is 85.4. The molecule has 5 aromatic carbocycles. The van der Waals surface area contributed by atoms with Crippen molar-refractivity contribution < 1.29 is 94.2 Å². The number of likely N-dealkylation sites (tertiary alicyclic amines) is 5. The number of nitrogens with zero attached hydrogens (tertiary/aromatic N) is 15. The number of carbonyl (C=O) groups is 5. The maximum Gasteiger partial charge on any atom is 0.432 e. The number of alkyl halides is 15. The molecule has 45 heteroatoms. The first-order valence-corrected chi connectivity index (χ1v) is 50.6. The number of halogens is 20. The molecule has 5 aliphatic rings. The van der Waals surface area contributed by atoms with E-state index in [0.717, 1.165) is 174 Å². The van der Waals surface area contributed by atoms with Crippen molar-refractivity contribution in [2.75, 3.05) is 124 Å². The molecular formula is C102H124Cl4F16N20O5. The summed E-state index contributed by atoms with van der Waals surface area (Å²) >= 11 is 25.0. The topological polar surface area (TPSA) is 261 Å². The van der Waals surface area contributed by atoms with E-state index in [-0.39, 0.29) is 67.7 Å². The number of rotatable bonds is 30. The van der Waals surface area contributed by atoms with Crippen LogP contribution in [-0.2, 0) is 63.6 Å². The molecule has 0 aliphatic carbocycles. The normalized spacial score (nSPS) is 16.7. The Labute approximate surface area is 863 Å². The number of H-pyrrole nitrogens is 5. The minimum absolute atomic E-state index is 0.0347. The molecule has 2 atom stereocenters. The Kier molecular flexibility index (Phi) is 43.4. The first-order chi connectivity index (χ1) is 69.7. The third-order valence-electron chi connectivity index (χ3n) is 26.4. The molecule has 0 saturated carbocycles. The van der Waals surface area contributed by atoms with Crippen molar-refractivity contribution in [3.63, 3.8) is 0 Å². The Morgan fingerprint density at radius 3 is 0.905 bits per heavy atom. The van der Waals surface area contributed by atoms with Crippen LogP contribution in [0.3, 0.4) is 0 Å². The van der Waals surface area contributed by atoms with Gasteiger partial charge in [-0.1, -0.05) is 171 Å². The van der Waals surface area contributed by atoms with Crippen molar-refractivity contribution >= 4 is 75.9 Å². The molecule has 5 saturated heterocycles. The number of aromatic amines is 5. The van der Waals surface area contributed by atoms with E-state index < -0.39 is 94.7 Å². The Morgan fingerprint density at radius 2 is 0.599 bits per heavy atom. The number of carbonyl (C=O) groups excluding carboxylic acids is 5. The van der Waals surface area contributed by atoms with Gasteiger partial charge in [0.2, 0.25) is 0 Å². The molecular weight excluding hydrogens is 2030 g/mol. The van der Waals surface area contributed by atoms with Crippen LogP contribution in [0.15, 0.2) is 140 Å². The van der Waals surface area contributed by atoms with Crippen LogP contribution in [-0.4, -0.2) is 260 Å². The summed E-state index contributed by atoms with van der Waals surface area (Å²) in [6.07, 6.45) is -5.92. The molecule has 5 N–H and O–H groups in total. The Balaban J connectivity index is 0.000000175. The van der Waals surface area contributed by atoms with Crippen LogP contribution in [0.4, 0.5) is 70.2 Å². The smallest absolute Gasteiger partial charge is 0.332 e. The highest BCUT2D eigenvalue weighted by molar-refractivity contribution is 6.32. The summed E-state index contributed by atoms with van der Waals surface area (Å²) in [6, 6.07) is 35.8. The summed E-state index contributed by atoms with van der Waals surface area (Å²) in [7, 11) is 0. The van der Waals surface area contributed by atoms with E-state index in [1.807, 2.05) is 68.8 Å². The van der Waals surface area contributed by atoms with Crippen LogP contribution >= 0.6 is 46.4 Å². The number of benzene rings is 5. The number of hydrogen-bond acceptors (Lipinski definition) is 15. The highest BCUT2D eigenvalue weighted by atomic mass is 35.5.